The van der Waals surface area contributed by atoms with Crippen molar-refractivity contribution >= 4 is 28.3 Å². The maximum absolute atomic E-state index is 12.7. The summed E-state index contributed by atoms with van der Waals surface area (Å²) in [6, 6.07) is 5.29. The number of hydrogen-bond acceptors (Lipinski definition) is 3. The first-order chi connectivity index (χ1) is 12.7. The van der Waals surface area contributed by atoms with Gasteiger partial charge in [-0.3, -0.25) is 9.59 Å². The van der Waals surface area contributed by atoms with Gasteiger partial charge in [-0.15, -0.1) is 0 Å². The third-order valence-corrected chi connectivity index (χ3v) is 5.84. The van der Waals surface area contributed by atoms with Crippen LogP contribution in [0.5, 0.6) is 5.75 Å². The smallest absolute Gasteiger partial charge is 0.255 e. The number of halogens is 1. The molecule has 1 aromatic carbocycles. The summed E-state index contributed by atoms with van der Waals surface area (Å²) in [5.74, 6) is 0.787. The van der Waals surface area contributed by atoms with E-state index in [0.717, 1.165) is 18.2 Å². The minimum absolute atomic E-state index is 0.0101. The van der Waals surface area contributed by atoms with Crippen LogP contribution in [0.1, 0.15) is 40.5 Å². The number of nitrogens with one attached hydrogen (secondary N) is 1. The molecule has 3 rings (SSSR count). The second-order valence-corrected chi connectivity index (χ2v) is 8.81. The molecule has 2 aromatic rings. The minimum atomic E-state index is -0.166. The Hall–Kier alpha value is -2.01. The molecule has 1 aliphatic rings. The molecule has 1 amide bonds. The lowest BCUT2D eigenvalue weighted by atomic mass is 9.81. The Bertz CT molecular complexity index is 892. The summed E-state index contributed by atoms with van der Waals surface area (Å²) in [5.41, 5.74) is -0.207. The molecule has 1 fully saturated rings. The Labute approximate surface area is 164 Å². The van der Waals surface area contributed by atoms with Gasteiger partial charge in [0.05, 0.1) is 5.02 Å². The highest BCUT2D eigenvalue weighted by atomic mass is 35.5. The number of pyridine rings is 1. The summed E-state index contributed by atoms with van der Waals surface area (Å²) in [7, 11) is 0. The van der Waals surface area contributed by atoms with Crippen molar-refractivity contribution in [2.45, 2.75) is 46.6 Å². The summed E-state index contributed by atoms with van der Waals surface area (Å²) in [6.45, 7) is 9.67. The van der Waals surface area contributed by atoms with Crippen molar-refractivity contribution in [3.8, 4) is 5.75 Å². The van der Waals surface area contributed by atoms with Gasteiger partial charge in [-0.25, -0.2) is 0 Å². The zero-order valence-electron chi connectivity index (χ0n) is 16.3. The summed E-state index contributed by atoms with van der Waals surface area (Å²) in [6.07, 6.45) is 3.16. The highest BCUT2D eigenvalue weighted by Gasteiger charge is 2.32. The molecule has 1 aromatic heterocycles. The van der Waals surface area contributed by atoms with Gasteiger partial charge in [0.15, 0.2) is 0 Å². The number of carbonyl (C=O) groups excluding carboxylic acids is 1. The zero-order chi connectivity index (χ0) is 19.8. The van der Waals surface area contributed by atoms with Crippen molar-refractivity contribution in [1.29, 1.82) is 0 Å². The average Bonchev–Trinajstić information content (AvgIpc) is 2.62. The highest BCUT2D eigenvalue weighted by molar-refractivity contribution is 6.32. The van der Waals surface area contributed by atoms with Crippen LogP contribution >= 0.6 is 11.6 Å². The molecule has 1 atom stereocenters. The number of rotatable bonds is 3. The van der Waals surface area contributed by atoms with Gasteiger partial charge in [-0.1, -0.05) is 39.3 Å². The van der Waals surface area contributed by atoms with Crippen molar-refractivity contribution < 1.29 is 9.53 Å². The van der Waals surface area contributed by atoms with Gasteiger partial charge in [0, 0.05) is 43.4 Å². The number of benzene rings is 1. The van der Waals surface area contributed by atoms with Crippen LogP contribution in [0.4, 0.5) is 0 Å². The molecule has 0 aliphatic carbocycles. The molecule has 146 valence electrons. The van der Waals surface area contributed by atoms with E-state index in [-0.39, 0.29) is 28.9 Å². The molecular formula is C21H27ClN2O3. The number of aromatic amines is 1. The van der Waals surface area contributed by atoms with Crippen LogP contribution in [0, 0.1) is 11.3 Å². The largest absolute Gasteiger partial charge is 0.489 e. The van der Waals surface area contributed by atoms with E-state index in [0.29, 0.717) is 29.2 Å². The first-order valence-electron chi connectivity index (χ1n) is 9.43. The fourth-order valence-corrected chi connectivity index (χ4v) is 3.50. The van der Waals surface area contributed by atoms with Gasteiger partial charge in [-0.2, -0.15) is 0 Å². The number of fused-ring (bicyclic) bond motifs is 1. The van der Waals surface area contributed by atoms with Crippen LogP contribution in [-0.4, -0.2) is 35.0 Å². The Balaban J connectivity index is 1.66. The lowest BCUT2D eigenvalue weighted by Gasteiger charge is -2.36. The molecule has 0 bridgehead atoms. The molecule has 0 spiro atoms. The van der Waals surface area contributed by atoms with Crippen molar-refractivity contribution in [1.82, 2.24) is 9.88 Å². The van der Waals surface area contributed by atoms with Gasteiger partial charge >= 0.3 is 0 Å². The van der Waals surface area contributed by atoms with E-state index >= 15 is 0 Å². The summed E-state index contributed by atoms with van der Waals surface area (Å²) in [5, 5.41) is 1.77. The van der Waals surface area contributed by atoms with Gasteiger partial charge in [0.2, 0.25) is 5.91 Å². The van der Waals surface area contributed by atoms with Crippen LogP contribution in [0.15, 0.2) is 29.2 Å². The standard InChI is InChI=1S/C21H27ClN2O3/c1-13(21(2,3)4)20(26)24-9-6-15(7-10-24)27-18-11-14-5-8-23-19(25)16(14)12-17(18)22/h5,8,11-13,15H,6-7,9-10H2,1-4H3,(H,23,25)/t13-/m1/s1. The molecule has 2 heterocycles. The van der Waals surface area contributed by atoms with E-state index < -0.39 is 0 Å². The maximum atomic E-state index is 12.7. The van der Waals surface area contributed by atoms with Crippen molar-refractivity contribution in [2.24, 2.45) is 11.3 Å². The van der Waals surface area contributed by atoms with Crippen LogP contribution in [-0.2, 0) is 4.79 Å². The van der Waals surface area contributed by atoms with Crippen molar-refractivity contribution in [3.05, 3.63) is 39.8 Å². The Morgan fingerprint density at radius 1 is 1.30 bits per heavy atom. The van der Waals surface area contributed by atoms with Crippen LogP contribution < -0.4 is 10.3 Å². The van der Waals surface area contributed by atoms with Crippen LogP contribution in [0.2, 0.25) is 5.02 Å². The molecule has 1 aliphatic heterocycles. The number of nitrogens with zero attached hydrogens (tertiary/aromatic N) is 1. The predicted molar refractivity (Wildman–Crippen MR) is 108 cm³/mol. The van der Waals surface area contributed by atoms with E-state index in [1.54, 1.807) is 12.3 Å². The number of piperidine rings is 1. The van der Waals surface area contributed by atoms with Crippen molar-refractivity contribution in [2.75, 3.05) is 13.1 Å². The molecule has 27 heavy (non-hydrogen) atoms. The van der Waals surface area contributed by atoms with E-state index in [2.05, 4.69) is 25.8 Å². The average molecular weight is 391 g/mol. The van der Waals surface area contributed by atoms with E-state index in [1.165, 1.54) is 0 Å². The molecule has 1 saturated heterocycles. The Morgan fingerprint density at radius 2 is 1.96 bits per heavy atom. The maximum Gasteiger partial charge on any atom is 0.255 e. The fourth-order valence-electron chi connectivity index (χ4n) is 3.30. The molecule has 6 heteroatoms. The monoisotopic (exact) mass is 390 g/mol. The molecule has 1 N–H and O–H groups in total. The number of amides is 1. The number of ether oxygens (including phenoxy) is 1. The normalized spacial score (nSPS) is 17.1. The lowest BCUT2D eigenvalue weighted by Crippen LogP contribution is -2.46. The first kappa shape index (κ1) is 19.7. The number of hydrogen-bond donors (Lipinski definition) is 1. The zero-order valence-corrected chi connectivity index (χ0v) is 17.1. The van der Waals surface area contributed by atoms with E-state index in [4.69, 9.17) is 16.3 Å². The van der Waals surface area contributed by atoms with Crippen LogP contribution in [0.25, 0.3) is 10.8 Å². The summed E-state index contributed by atoms with van der Waals surface area (Å²) < 4.78 is 6.11. The summed E-state index contributed by atoms with van der Waals surface area (Å²) >= 11 is 6.32. The molecule has 0 saturated carbocycles. The lowest BCUT2D eigenvalue weighted by molar-refractivity contribution is -0.140. The highest BCUT2D eigenvalue weighted by Crippen LogP contribution is 2.32. The fraction of sp³-hybridized carbons (Fsp3) is 0.524. The summed E-state index contributed by atoms with van der Waals surface area (Å²) in [4.78, 5) is 29.1. The second kappa shape index (κ2) is 7.55. The van der Waals surface area contributed by atoms with E-state index in [1.807, 2.05) is 24.0 Å². The Morgan fingerprint density at radius 3 is 2.59 bits per heavy atom. The molecule has 5 nitrogen and oxygen atoms in total. The molecule has 0 radical (unpaired) electrons. The Kier molecular flexibility index (Phi) is 5.52. The topological polar surface area (TPSA) is 62.4 Å². The quantitative estimate of drug-likeness (QED) is 0.852. The van der Waals surface area contributed by atoms with Gasteiger partial charge in [0.1, 0.15) is 11.9 Å². The number of aromatic nitrogens is 1. The molecular weight excluding hydrogens is 364 g/mol. The first-order valence-corrected chi connectivity index (χ1v) is 9.81. The second-order valence-electron chi connectivity index (χ2n) is 8.41. The van der Waals surface area contributed by atoms with Gasteiger partial charge < -0.3 is 14.6 Å². The molecule has 0 unspecified atom stereocenters. The third-order valence-electron chi connectivity index (χ3n) is 5.54. The SMILES string of the molecule is C[C@H](C(=O)N1CCC(Oc2cc3cc[nH]c(=O)c3cc2Cl)CC1)C(C)(C)C. The number of carbonyl (C=O) groups is 1. The number of H-pyrrole nitrogens is 1. The van der Waals surface area contributed by atoms with E-state index in [9.17, 15) is 9.59 Å². The van der Waals surface area contributed by atoms with Gasteiger partial charge in [-0.05, 0) is 29.0 Å². The van der Waals surface area contributed by atoms with Crippen molar-refractivity contribution in [3.63, 3.8) is 0 Å². The number of likely N-dealkylation sites (tertiary alicyclic amines) is 1. The third kappa shape index (κ3) is 4.29. The van der Waals surface area contributed by atoms with Gasteiger partial charge in [0.25, 0.3) is 5.56 Å². The van der Waals surface area contributed by atoms with Crippen LogP contribution in [0.3, 0.4) is 0 Å². The predicted octanol–water partition coefficient (Wildman–Crippen LogP) is 4.23. The minimum Gasteiger partial charge on any atom is -0.489 e.